The van der Waals surface area contributed by atoms with Gasteiger partial charge in [-0.25, -0.2) is 17.5 Å². The van der Waals surface area contributed by atoms with Crippen molar-refractivity contribution in [3.05, 3.63) is 72.4 Å². The van der Waals surface area contributed by atoms with Crippen LogP contribution in [0.4, 0.5) is 4.39 Å². The number of furan rings is 1. The standard InChI is InChI=1S/C18H16FN3O4S/c19-14-5-1-6-15(10-14)27(24,25)22-12-17(23)21-11-13-4-2-8-20-18(13)16-7-3-9-26-16/h1-10,22H,11-12H2,(H,21,23). The first kappa shape index (κ1) is 18.7. The number of hydrogen-bond acceptors (Lipinski definition) is 5. The van der Waals surface area contributed by atoms with E-state index >= 15 is 0 Å². The molecule has 2 heterocycles. The van der Waals surface area contributed by atoms with Crippen molar-refractivity contribution in [3.8, 4) is 11.5 Å². The maximum absolute atomic E-state index is 13.2. The molecule has 1 amide bonds. The Bertz CT molecular complexity index is 1040. The van der Waals surface area contributed by atoms with E-state index in [1.165, 1.54) is 18.4 Å². The van der Waals surface area contributed by atoms with Crippen LogP contribution in [0, 0.1) is 5.82 Å². The van der Waals surface area contributed by atoms with Gasteiger partial charge in [-0.3, -0.25) is 9.78 Å². The quantitative estimate of drug-likeness (QED) is 0.644. The average molecular weight is 389 g/mol. The lowest BCUT2D eigenvalue weighted by atomic mass is 10.1. The van der Waals surface area contributed by atoms with Crippen LogP contribution in [-0.2, 0) is 21.4 Å². The highest BCUT2D eigenvalue weighted by Crippen LogP contribution is 2.21. The van der Waals surface area contributed by atoms with Crippen LogP contribution in [0.1, 0.15) is 5.56 Å². The zero-order chi connectivity index (χ0) is 19.3. The highest BCUT2D eigenvalue weighted by atomic mass is 32.2. The maximum Gasteiger partial charge on any atom is 0.241 e. The van der Waals surface area contributed by atoms with E-state index in [4.69, 9.17) is 4.42 Å². The molecule has 0 aliphatic rings. The summed E-state index contributed by atoms with van der Waals surface area (Å²) >= 11 is 0. The molecule has 0 bridgehead atoms. The molecule has 2 N–H and O–H groups in total. The smallest absolute Gasteiger partial charge is 0.241 e. The number of sulfonamides is 1. The number of nitrogens with one attached hydrogen (secondary N) is 2. The summed E-state index contributed by atoms with van der Waals surface area (Å²) in [5.41, 5.74) is 1.30. The van der Waals surface area contributed by atoms with Gasteiger partial charge in [0.25, 0.3) is 0 Å². The number of aromatic nitrogens is 1. The molecule has 140 valence electrons. The molecule has 0 spiro atoms. The summed E-state index contributed by atoms with van der Waals surface area (Å²) < 4.78 is 44.8. The van der Waals surface area contributed by atoms with Crippen LogP contribution in [0.3, 0.4) is 0 Å². The molecule has 0 fully saturated rings. The Morgan fingerprint density at radius 3 is 2.74 bits per heavy atom. The Labute approximate surface area is 155 Å². The lowest BCUT2D eigenvalue weighted by molar-refractivity contribution is -0.120. The fraction of sp³-hybridized carbons (Fsp3) is 0.111. The summed E-state index contributed by atoms with van der Waals surface area (Å²) in [6.45, 7) is -0.334. The van der Waals surface area contributed by atoms with Crippen molar-refractivity contribution in [2.75, 3.05) is 6.54 Å². The van der Waals surface area contributed by atoms with Gasteiger partial charge in [-0.1, -0.05) is 12.1 Å². The number of halogens is 1. The minimum atomic E-state index is -3.98. The SMILES string of the molecule is O=C(CNS(=O)(=O)c1cccc(F)c1)NCc1cccnc1-c1ccco1. The molecule has 7 nitrogen and oxygen atoms in total. The zero-order valence-corrected chi connectivity index (χ0v) is 14.9. The number of carbonyl (C=O) groups is 1. The van der Waals surface area contributed by atoms with E-state index in [9.17, 15) is 17.6 Å². The molecule has 0 saturated heterocycles. The van der Waals surface area contributed by atoms with Gasteiger partial charge in [-0.2, -0.15) is 0 Å². The van der Waals surface area contributed by atoms with Gasteiger partial charge < -0.3 is 9.73 Å². The molecule has 2 aromatic heterocycles. The third kappa shape index (κ3) is 4.78. The zero-order valence-electron chi connectivity index (χ0n) is 14.1. The molecule has 0 saturated carbocycles. The fourth-order valence-corrected chi connectivity index (χ4v) is 3.36. The highest BCUT2D eigenvalue weighted by Gasteiger charge is 2.16. The first-order chi connectivity index (χ1) is 13.0. The lowest BCUT2D eigenvalue weighted by Crippen LogP contribution is -2.36. The third-order valence-electron chi connectivity index (χ3n) is 3.65. The van der Waals surface area contributed by atoms with Crippen LogP contribution >= 0.6 is 0 Å². The summed E-state index contributed by atoms with van der Waals surface area (Å²) in [5, 5.41) is 2.62. The lowest BCUT2D eigenvalue weighted by Gasteiger charge is -2.10. The number of benzene rings is 1. The van der Waals surface area contributed by atoms with Gasteiger partial charge in [0, 0.05) is 18.3 Å². The monoisotopic (exact) mass is 389 g/mol. The molecule has 0 aliphatic heterocycles. The topological polar surface area (TPSA) is 101 Å². The molecule has 0 unspecified atom stereocenters. The molecule has 9 heteroatoms. The van der Waals surface area contributed by atoms with E-state index in [0.717, 1.165) is 12.1 Å². The summed E-state index contributed by atoms with van der Waals surface area (Å²) in [6.07, 6.45) is 3.13. The van der Waals surface area contributed by atoms with Crippen molar-refractivity contribution in [1.82, 2.24) is 15.0 Å². The molecular formula is C18H16FN3O4S. The predicted molar refractivity (Wildman–Crippen MR) is 95.4 cm³/mol. The summed E-state index contributed by atoms with van der Waals surface area (Å²) in [4.78, 5) is 16.0. The number of amides is 1. The number of pyridine rings is 1. The first-order valence-electron chi connectivity index (χ1n) is 7.95. The molecule has 0 radical (unpaired) electrons. The summed E-state index contributed by atoms with van der Waals surface area (Å²) in [6, 6.07) is 11.5. The average Bonchev–Trinajstić information content (AvgIpc) is 3.19. The van der Waals surface area contributed by atoms with Crippen molar-refractivity contribution < 1.29 is 22.0 Å². The Balaban J connectivity index is 1.60. The molecule has 1 aromatic carbocycles. The van der Waals surface area contributed by atoms with Crippen LogP contribution in [0.15, 0.2) is 70.3 Å². The van der Waals surface area contributed by atoms with Gasteiger partial charge in [-0.15, -0.1) is 0 Å². The predicted octanol–water partition coefficient (Wildman–Crippen LogP) is 2.08. The van der Waals surface area contributed by atoms with Gasteiger partial charge in [0.2, 0.25) is 15.9 Å². The largest absolute Gasteiger partial charge is 0.463 e. The van der Waals surface area contributed by atoms with E-state index < -0.39 is 28.3 Å². The minimum absolute atomic E-state index is 0.143. The number of hydrogen-bond donors (Lipinski definition) is 2. The van der Waals surface area contributed by atoms with Crippen molar-refractivity contribution in [2.24, 2.45) is 0 Å². The number of rotatable bonds is 7. The summed E-state index contributed by atoms with van der Waals surface area (Å²) in [5.74, 6) is -0.653. The molecular weight excluding hydrogens is 373 g/mol. The molecule has 3 rings (SSSR count). The highest BCUT2D eigenvalue weighted by molar-refractivity contribution is 7.89. The molecule has 27 heavy (non-hydrogen) atoms. The van der Waals surface area contributed by atoms with Crippen molar-refractivity contribution in [3.63, 3.8) is 0 Å². The van der Waals surface area contributed by atoms with Crippen LogP contribution in [0.2, 0.25) is 0 Å². The maximum atomic E-state index is 13.2. The van der Waals surface area contributed by atoms with E-state index in [1.54, 1.807) is 30.5 Å². The Morgan fingerprint density at radius 1 is 1.15 bits per heavy atom. The second-order valence-corrected chi connectivity index (χ2v) is 7.31. The third-order valence-corrected chi connectivity index (χ3v) is 5.05. The van der Waals surface area contributed by atoms with Crippen LogP contribution in [0.25, 0.3) is 11.5 Å². The van der Waals surface area contributed by atoms with Gasteiger partial charge >= 0.3 is 0 Å². The second-order valence-electron chi connectivity index (χ2n) is 5.55. The van der Waals surface area contributed by atoms with Crippen molar-refractivity contribution >= 4 is 15.9 Å². The Hall–Kier alpha value is -3.04. The van der Waals surface area contributed by atoms with Crippen LogP contribution < -0.4 is 10.0 Å². The van der Waals surface area contributed by atoms with E-state index in [2.05, 4.69) is 15.0 Å². The van der Waals surface area contributed by atoms with Crippen molar-refractivity contribution in [2.45, 2.75) is 11.4 Å². The number of carbonyl (C=O) groups excluding carboxylic acids is 1. The fourth-order valence-electron chi connectivity index (χ4n) is 2.35. The molecule has 0 aliphatic carbocycles. The first-order valence-corrected chi connectivity index (χ1v) is 9.44. The van der Waals surface area contributed by atoms with Gasteiger partial charge in [0.1, 0.15) is 11.5 Å². The second kappa shape index (κ2) is 8.11. The minimum Gasteiger partial charge on any atom is -0.463 e. The van der Waals surface area contributed by atoms with E-state index in [1.807, 2.05) is 0 Å². The normalized spacial score (nSPS) is 11.3. The van der Waals surface area contributed by atoms with Crippen molar-refractivity contribution in [1.29, 1.82) is 0 Å². The molecule has 3 aromatic rings. The Kier molecular flexibility index (Phi) is 5.63. The van der Waals surface area contributed by atoms with Crippen LogP contribution in [0.5, 0.6) is 0 Å². The van der Waals surface area contributed by atoms with E-state index in [0.29, 0.717) is 17.0 Å². The summed E-state index contributed by atoms with van der Waals surface area (Å²) in [7, 11) is -3.98. The van der Waals surface area contributed by atoms with Crippen LogP contribution in [-0.4, -0.2) is 25.9 Å². The number of nitrogens with zero attached hydrogens (tertiary/aromatic N) is 1. The van der Waals surface area contributed by atoms with E-state index in [-0.39, 0.29) is 11.4 Å². The molecule has 0 atom stereocenters. The van der Waals surface area contributed by atoms with Gasteiger partial charge in [-0.05, 0) is 36.4 Å². The van der Waals surface area contributed by atoms with Gasteiger partial charge in [0.05, 0.1) is 17.7 Å². The van der Waals surface area contributed by atoms with Gasteiger partial charge in [0.15, 0.2) is 5.76 Å². The Morgan fingerprint density at radius 2 is 2.00 bits per heavy atom.